The van der Waals surface area contributed by atoms with Crippen molar-refractivity contribution < 1.29 is 8.42 Å². The molecule has 0 fully saturated rings. The van der Waals surface area contributed by atoms with Gasteiger partial charge in [0.05, 0.1) is 20.3 Å². The third-order valence-corrected chi connectivity index (χ3v) is 7.68. The minimum Gasteiger partial charge on any atom is -0.346 e. The molecule has 0 aliphatic rings. The number of sulfone groups is 1. The average molecular weight is 424 g/mol. The maximum atomic E-state index is 13.5. The molecule has 3 heterocycles. The lowest BCUT2D eigenvalue weighted by Gasteiger charge is -2.16. The number of benzene rings is 1. The van der Waals surface area contributed by atoms with E-state index in [0.717, 1.165) is 0 Å². The summed E-state index contributed by atoms with van der Waals surface area (Å²) < 4.78 is 26.9. The summed E-state index contributed by atoms with van der Waals surface area (Å²) in [7, 11) is -3.78. The van der Waals surface area contributed by atoms with Crippen LogP contribution in [0.2, 0.25) is 10.2 Å². The van der Waals surface area contributed by atoms with E-state index in [1.165, 1.54) is 23.0 Å². The van der Waals surface area contributed by atoms with Crippen LogP contribution in [0.3, 0.4) is 0 Å². The first-order valence-electron chi connectivity index (χ1n) is 7.49. The van der Waals surface area contributed by atoms with Gasteiger partial charge < -0.3 is 4.98 Å². The number of hydrogen-bond donors (Lipinski definition) is 1. The standard InChI is InChI=1S/C17H11Cl2N3O2S2/c18-10-6-12-13(8-21-17(12)20-7-10)15(14-16(19)22-9-25-14)26(23,24)11-4-2-1-3-5-11/h1-9,15H,(H,20,21). The molecule has 4 rings (SSSR count). The summed E-state index contributed by atoms with van der Waals surface area (Å²) in [6.07, 6.45) is 3.14. The predicted octanol–water partition coefficient (Wildman–Crippen LogP) is 4.89. The van der Waals surface area contributed by atoms with Gasteiger partial charge in [-0.3, -0.25) is 0 Å². The summed E-state index contributed by atoms with van der Waals surface area (Å²) in [5.41, 5.74) is 2.62. The second-order valence-electron chi connectivity index (χ2n) is 5.54. The fourth-order valence-corrected chi connectivity index (χ4v) is 6.34. The molecule has 0 aliphatic carbocycles. The van der Waals surface area contributed by atoms with Crippen LogP contribution in [0, 0.1) is 0 Å². The number of aromatic nitrogens is 3. The Morgan fingerprint density at radius 3 is 2.58 bits per heavy atom. The highest BCUT2D eigenvalue weighted by Gasteiger charge is 2.35. The van der Waals surface area contributed by atoms with Gasteiger partial charge in [-0.1, -0.05) is 41.4 Å². The topological polar surface area (TPSA) is 75.7 Å². The van der Waals surface area contributed by atoms with Gasteiger partial charge in [0.25, 0.3) is 0 Å². The van der Waals surface area contributed by atoms with E-state index in [9.17, 15) is 8.42 Å². The van der Waals surface area contributed by atoms with Gasteiger partial charge in [0.2, 0.25) is 0 Å². The molecule has 1 atom stereocenters. The van der Waals surface area contributed by atoms with Crippen molar-refractivity contribution in [3.05, 3.63) is 74.9 Å². The number of fused-ring (bicyclic) bond motifs is 1. The molecule has 1 unspecified atom stereocenters. The van der Waals surface area contributed by atoms with Crippen LogP contribution < -0.4 is 0 Å². The van der Waals surface area contributed by atoms with Crippen LogP contribution >= 0.6 is 34.5 Å². The van der Waals surface area contributed by atoms with Crippen LogP contribution in [0.25, 0.3) is 11.0 Å². The summed E-state index contributed by atoms with van der Waals surface area (Å²) >= 11 is 13.5. The van der Waals surface area contributed by atoms with Crippen molar-refractivity contribution in [1.29, 1.82) is 0 Å². The third-order valence-electron chi connectivity index (χ3n) is 3.98. The molecule has 0 spiro atoms. The first kappa shape index (κ1) is 17.5. The van der Waals surface area contributed by atoms with Crippen molar-refractivity contribution in [1.82, 2.24) is 15.0 Å². The Kier molecular flexibility index (Phi) is 4.48. The third kappa shape index (κ3) is 2.91. The highest BCUT2D eigenvalue weighted by Crippen LogP contribution is 2.42. The Balaban J connectivity index is 2.01. The number of pyridine rings is 1. The molecule has 0 saturated carbocycles. The van der Waals surface area contributed by atoms with E-state index in [1.807, 2.05) is 0 Å². The summed E-state index contributed by atoms with van der Waals surface area (Å²) in [5.74, 6) is 0. The van der Waals surface area contributed by atoms with Crippen molar-refractivity contribution in [2.75, 3.05) is 0 Å². The molecule has 9 heteroatoms. The van der Waals surface area contributed by atoms with Gasteiger partial charge in [0.1, 0.15) is 16.1 Å². The van der Waals surface area contributed by atoms with Crippen LogP contribution in [0.5, 0.6) is 0 Å². The zero-order valence-electron chi connectivity index (χ0n) is 13.1. The van der Waals surface area contributed by atoms with E-state index in [-0.39, 0.29) is 10.0 Å². The first-order valence-corrected chi connectivity index (χ1v) is 10.7. The van der Waals surface area contributed by atoms with Crippen LogP contribution in [-0.2, 0) is 9.84 Å². The summed E-state index contributed by atoms with van der Waals surface area (Å²) in [5, 5.41) is 0.207. The van der Waals surface area contributed by atoms with E-state index < -0.39 is 15.1 Å². The normalized spacial score (nSPS) is 13.2. The van der Waals surface area contributed by atoms with Crippen LogP contribution in [-0.4, -0.2) is 23.4 Å². The minimum atomic E-state index is -3.78. The Hall–Kier alpha value is -1.93. The van der Waals surface area contributed by atoms with Gasteiger partial charge in [-0.25, -0.2) is 18.4 Å². The fourth-order valence-electron chi connectivity index (χ4n) is 2.82. The predicted molar refractivity (Wildman–Crippen MR) is 104 cm³/mol. The van der Waals surface area contributed by atoms with Crippen LogP contribution in [0.15, 0.2) is 59.2 Å². The van der Waals surface area contributed by atoms with Crippen molar-refractivity contribution >= 4 is 55.4 Å². The summed E-state index contributed by atoms with van der Waals surface area (Å²) in [6, 6.07) is 9.97. The number of aromatic amines is 1. The fraction of sp³-hybridized carbons (Fsp3) is 0.0588. The summed E-state index contributed by atoms with van der Waals surface area (Å²) in [6.45, 7) is 0. The Morgan fingerprint density at radius 2 is 1.88 bits per heavy atom. The molecule has 4 aromatic rings. The first-order chi connectivity index (χ1) is 12.5. The number of hydrogen-bond acceptors (Lipinski definition) is 5. The molecule has 3 aromatic heterocycles. The second-order valence-corrected chi connectivity index (χ2v) is 9.25. The van der Waals surface area contributed by atoms with Crippen molar-refractivity contribution in [2.24, 2.45) is 0 Å². The Bertz CT molecular complexity index is 1190. The largest absolute Gasteiger partial charge is 0.346 e. The lowest BCUT2D eigenvalue weighted by molar-refractivity contribution is 0.590. The van der Waals surface area contributed by atoms with Crippen molar-refractivity contribution in [2.45, 2.75) is 10.1 Å². The molecule has 0 bridgehead atoms. The number of H-pyrrole nitrogens is 1. The average Bonchev–Trinajstić information content (AvgIpc) is 3.23. The molecule has 0 amide bonds. The number of rotatable bonds is 4. The monoisotopic (exact) mass is 423 g/mol. The molecule has 26 heavy (non-hydrogen) atoms. The molecule has 132 valence electrons. The maximum Gasteiger partial charge on any atom is 0.190 e. The lowest BCUT2D eigenvalue weighted by atomic mass is 10.1. The highest BCUT2D eigenvalue weighted by atomic mass is 35.5. The quantitative estimate of drug-likeness (QED) is 0.506. The van der Waals surface area contributed by atoms with Gasteiger partial charge in [0, 0.05) is 23.3 Å². The highest BCUT2D eigenvalue weighted by molar-refractivity contribution is 7.92. The second kappa shape index (κ2) is 6.66. The molecule has 1 N–H and O–H groups in total. The van der Waals surface area contributed by atoms with Gasteiger partial charge in [-0.15, -0.1) is 11.3 Å². The zero-order chi connectivity index (χ0) is 18.3. The maximum absolute atomic E-state index is 13.5. The Morgan fingerprint density at radius 1 is 1.12 bits per heavy atom. The van der Waals surface area contributed by atoms with Gasteiger partial charge in [-0.2, -0.15) is 0 Å². The molecule has 5 nitrogen and oxygen atoms in total. The number of halogens is 2. The van der Waals surface area contributed by atoms with E-state index in [4.69, 9.17) is 23.2 Å². The number of nitrogens with zero attached hydrogens (tertiary/aromatic N) is 2. The van der Waals surface area contributed by atoms with Crippen molar-refractivity contribution in [3.8, 4) is 0 Å². The minimum absolute atomic E-state index is 0.170. The zero-order valence-corrected chi connectivity index (χ0v) is 16.2. The van der Waals surface area contributed by atoms with Gasteiger partial charge in [0.15, 0.2) is 9.84 Å². The lowest BCUT2D eigenvalue weighted by Crippen LogP contribution is -2.14. The number of nitrogens with one attached hydrogen (secondary N) is 1. The van der Waals surface area contributed by atoms with Crippen LogP contribution in [0.4, 0.5) is 0 Å². The van der Waals surface area contributed by atoms with E-state index in [1.54, 1.807) is 42.6 Å². The SMILES string of the molecule is O=S(=O)(c1ccccc1)C(c1scnc1Cl)c1c[nH]c2ncc(Cl)cc12. The smallest absolute Gasteiger partial charge is 0.190 e. The molecule has 0 saturated heterocycles. The van der Waals surface area contributed by atoms with Crippen molar-refractivity contribution in [3.63, 3.8) is 0 Å². The molecule has 0 aliphatic heterocycles. The Labute approximate surface area is 163 Å². The van der Waals surface area contributed by atoms with E-state index in [0.29, 0.717) is 26.5 Å². The van der Waals surface area contributed by atoms with Gasteiger partial charge >= 0.3 is 0 Å². The molecule has 0 radical (unpaired) electrons. The summed E-state index contributed by atoms with van der Waals surface area (Å²) in [4.78, 5) is 11.9. The molecular formula is C17H11Cl2N3O2S2. The van der Waals surface area contributed by atoms with E-state index in [2.05, 4.69) is 15.0 Å². The number of thiazole rings is 1. The van der Waals surface area contributed by atoms with Crippen LogP contribution in [0.1, 0.15) is 15.7 Å². The molecule has 1 aromatic carbocycles. The van der Waals surface area contributed by atoms with E-state index >= 15 is 0 Å². The molecular weight excluding hydrogens is 413 g/mol. The van der Waals surface area contributed by atoms with Gasteiger partial charge in [-0.05, 0) is 18.2 Å².